The van der Waals surface area contributed by atoms with E-state index in [4.69, 9.17) is 4.98 Å². The molecule has 6 aromatic carbocycles. The maximum Gasteiger partial charge on any atom is 0.0730 e. The van der Waals surface area contributed by atoms with Gasteiger partial charge in [-0.05, 0) is 42.5 Å². The number of benzene rings is 6. The van der Waals surface area contributed by atoms with E-state index in [0.717, 1.165) is 28.2 Å². The van der Waals surface area contributed by atoms with Gasteiger partial charge in [0.1, 0.15) is 0 Å². The summed E-state index contributed by atoms with van der Waals surface area (Å²) in [5.41, 5.74) is 11.4. The quantitative estimate of drug-likeness (QED) is 0.204. The molecule has 0 amide bonds. The normalized spacial score (nSPS) is 12.4. The van der Waals surface area contributed by atoms with Crippen molar-refractivity contribution in [3.63, 3.8) is 0 Å². The second kappa shape index (κ2) is 9.46. The van der Waals surface area contributed by atoms with Gasteiger partial charge in [0.2, 0.25) is 0 Å². The van der Waals surface area contributed by atoms with Crippen LogP contribution < -0.4 is 0 Å². The topological polar surface area (TPSA) is 22.8 Å². The Kier molecular flexibility index (Phi) is 5.22. The number of pyridine rings is 1. The van der Waals surface area contributed by atoms with E-state index >= 15 is 0 Å². The van der Waals surface area contributed by atoms with Gasteiger partial charge in [-0.1, -0.05) is 121 Å². The minimum absolute atomic E-state index is 0.959. The van der Waals surface area contributed by atoms with Crippen LogP contribution in [0.5, 0.6) is 0 Å². The first-order valence-corrected chi connectivity index (χ1v) is 16.0. The van der Waals surface area contributed by atoms with E-state index in [2.05, 4.69) is 161 Å². The zero-order valence-electron chi connectivity index (χ0n) is 24.2. The Hall–Kier alpha value is -5.58. The van der Waals surface area contributed by atoms with Crippen molar-refractivity contribution >= 4 is 55.4 Å². The van der Waals surface area contributed by atoms with Gasteiger partial charge in [0.25, 0.3) is 0 Å². The van der Waals surface area contributed by atoms with E-state index in [0.29, 0.717) is 0 Å². The highest BCUT2D eigenvalue weighted by atomic mass is 32.2. The number of fused-ring (bicyclic) bond motifs is 9. The smallest absolute Gasteiger partial charge is 0.0730 e. The van der Waals surface area contributed by atoms with Crippen LogP contribution in [-0.2, 0) is 0 Å². The highest BCUT2D eigenvalue weighted by Gasteiger charge is 2.27. The van der Waals surface area contributed by atoms with Crippen LogP contribution >= 0.6 is 11.8 Å². The summed E-state index contributed by atoms with van der Waals surface area (Å²) in [6, 6.07) is 54.4. The lowest BCUT2D eigenvalue weighted by Crippen LogP contribution is -2.02. The Morgan fingerprint density at radius 1 is 0.444 bits per heavy atom. The van der Waals surface area contributed by atoms with E-state index in [-0.39, 0.29) is 0 Å². The minimum Gasteiger partial charge on any atom is -0.309 e. The number of nitrogens with zero attached hydrogens (tertiary/aromatic N) is 3. The van der Waals surface area contributed by atoms with Crippen LogP contribution in [0.15, 0.2) is 161 Å². The highest BCUT2D eigenvalue weighted by molar-refractivity contribution is 7.99. The standard InChI is InChI=1S/C41H25N3S/c1-3-13-26(14-4-1)31-23-28(24-32(42-31)27-15-5-2-6-16-27)43-33-19-9-7-17-29(33)39-36(43)25-38-41-40(39)30-18-8-10-20-34(30)44(41)35-21-11-12-22-37(35)45-38/h1-25H. The van der Waals surface area contributed by atoms with Crippen LogP contribution in [0.25, 0.3) is 77.5 Å². The molecular weight excluding hydrogens is 567 g/mol. The molecule has 1 aliphatic rings. The van der Waals surface area contributed by atoms with Gasteiger partial charge in [-0.15, -0.1) is 0 Å². The first-order chi connectivity index (χ1) is 22.3. The fourth-order valence-electron chi connectivity index (χ4n) is 7.19. The van der Waals surface area contributed by atoms with E-state index in [1.54, 1.807) is 0 Å². The molecule has 210 valence electrons. The van der Waals surface area contributed by atoms with Crippen molar-refractivity contribution in [2.75, 3.05) is 0 Å². The predicted molar refractivity (Wildman–Crippen MR) is 188 cm³/mol. The summed E-state index contributed by atoms with van der Waals surface area (Å²) >= 11 is 1.87. The molecule has 4 heteroatoms. The van der Waals surface area contributed by atoms with Crippen molar-refractivity contribution in [1.29, 1.82) is 0 Å². The zero-order chi connectivity index (χ0) is 29.5. The first kappa shape index (κ1) is 24.8. The summed E-state index contributed by atoms with van der Waals surface area (Å²) in [7, 11) is 0. The third-order valence-corrected chi connectivity index (χ3v) is 10.2. The molecule has 45 heavy (non-hydrogen) atoms. The number of hydrogen-bond acceptors (Lipinski definition) is 2. The van der Waals surface area contributed by atoms with Crippen LogP contribution in [0.1, 0.15) is 0 Å². The molecular formula is C41H25N3S. The first-order valence-electron chi connectivity index (χ1n) is 15.2. The zero-order valence-corrected chi connectivity index (χ0v) is 25.0. The van der Waals surface area contributed by atoms with Gasteiger partial charge < -0.3 is 9.13 Å². The fraction of sp³-hybridized carbons (Fsp3) is 0. The van der Waals surface area contributed by atoms with E-state index < -0.39 is 0 Å². The lowest BCUT2D eigenvalue weighted by molar-refractivity contribution is 1.09. The molecule has 0 saturated heterocycles. The predicted octanol–water partition coefficient (Wildman–Crippen LogP) is 11.1. The molecule has 0 spiro atoms. The molecule has 0 saturated carbocycles. The van der Waals surface area contributed by atoms with E-state index in [1.165, 1.54) is 59.1 Å². The number of aromatic nitrogens is 3. The Morgan fingerprint density at radius 2 is 1.00 bits per heavy atom. The lowest BCUT2D eigenvalue weighted by Gasteiger charge is -2.20. The Labute approximate surface area is 264 Å². The largest absolute Gasteiger partial charge is 0.309 e. The number of para-hydroxylation sites is 3. The van der Waals surface area contributed by atoms with Crippen molar-refractivity contribution in [3.8, 4) is 33.9 Å². The molecule has 0 atom stereocenters. The average Bonchev–Trinajstić information content (AvgIpc) is 3.63. The molecule has 1 aliphatic heterocycles. The van der Waals surface area contributed by atoms with Crippen LogP contribution in [0, 0.1) is 0 Å². The molecule has 0 radical (unpaired) electrons. The van der Waals surface area contributed by atoms with Gasteiger partial charge in [-0.2, -0.15) is 0 Å². The van der Waals surface area contributed by atoms with Crippen LogP contribution in [0.2, 0.25) is 0 Å². The lowest BCUT2D eigenvalue weighted by atomic mass is 10.1. The summed E-state index contributed by atoms with van der Waals surface area (Å²) in [5.74, 6) is 0. The van der Waals surface area contributed by atoms with Crippen molar-refractivity contribution in [3.05, 3.63) is 152 Å². The van der Waals surface area contributed by atoms with Gasteiger partial charge in [0, 0.05) is 42.5 Å². The Morgan fingerprint density at radius 3 is 1.69 bits per heavy atom. The second-order valence-electron chi connectivity index (χ2n) is 11.6. The molecule has 0 unspecified atom stereocenters. The Bertz CT molecular complexity index is 2560. The Balaban J connectivity index is 1.37. The molecule has 0 N–H and O–H groups in total. The highest BCUT2D eigenvalue weighted by Crippen LogP contribution is 2.51. The maximum atomic E-state index is 5.19. The van der Waals surface area contributed by atoms with Crippen molar-refractivity contribution < 1.29 is 0 Å². The van der Waals surface area contributed by atoms with Crippen LogP contribution in [0.4, 0.5) is 0 Å². The molecule has 9 aromatic rings. The third kappa shape index (κ3) is 3.57. The van der Waals surface area contributed by atoms with Gasteiger partial charge in [-0.25, -0.2) is 4.98 Å². The second-order valence-corrected chi connectivity index (χ2v) is 12.7. The van der Waals surface area contributed by atoms with Crippen molar-refractivity contribution in [2.45, 2.75) is 9.79 Å². The molecule has 4 heterocycles. The van der Waals surface area contributed by atoms with Gasteiger partial charge in [0.15, 0.2) is 0 Å². The van der Waals surface area contributed by atoms with Crippen LogP contribution in [0.3, 0.4) is 0 Å². The number of hydrogen-bond donors (Lipinski definition) is 0. The van der Waals surface area contributed by atoms with E-state index in [1.807, 2.05) is 11.8 Å². The molecule has 0 aliphatic carbocycles. The summed E-state index contributed by atoms with van der Waals surface area (Å²) in [6.07, 6.45) is 0. The number of rotatable bonds is 3. The van der Waals surface area contributed by atoms with Gasteiger partial charge in [0.05, 0.1) is 44.8 Å². The van der Waals surface area contributed by atoms with Gasteiger partial charge >= 0.3 is 0 Å². The fourth-order valence-corrected chi connectivity index (χ4v) is 8.30. The summed E-state index contributed by atoms with van der Waals surface area (Å²) < 4.78 is 4.93. The SMILES string of the molecule is c1ccc(-c2cc(-n3c4ccccc4c4c5c6ccccc6n6c5c(cc43)Sc3ccccc3-6)cc(-c3ccccc3)n2)cc1. The molecule has 10 rings (SSSR count). The average molecular weight is 592 g/mol. The summed E-state index contributed by atoms with van der Waals surface area (Å²) in [4.78, 5) is 7.73. The minimum atomic E-state index is 0.959. The molecule has 3 aromatic heterocycles. The van der Waals surface area contributed by atoms with Gasteiger partial charge in [-0.3, -0.25) is 0 Å². The molecule has 0 fully saturated rings. The monoisotopic (exact) mass is 591 g/mol. The molecule has 3 nitrogen and oxygen atoms in total. The van der Waals surface area contributed by atoms with Crippen LogP contribution in [-0.4, -0.2) is 14.1 Å². The molecule has 0 bridgehead atoms. The van der Waals surface area contributed by atoms with E-state index in [9.17, 15) is 0 Å². The van der Waals surface area contributed by atoms with Crippen molar-refractivity contribution in [2.24, 2.45) is 0 Å². The third-order valence-electron chi connectivity index (χ3n) is 9.07. The maximum absolute atomic E-state index is 5.19. The summed E-state index contributed by atoms with van der Waals surface area (Å²) in [5, 5.41) is 5.14. The summed E-state index contributed by atoms with van der Waals surface area (Å²) in [6.45, 7) is 0. The van der Waals surface area contributed by atoms with Crippen molar-refractivity contribution in [1.82, 2.24) is 14.1 Å².